The van der Waals surface area contributed by atoms with Gasteiger partial charge in [0.1, 0.15) is 0 Å². The van der Waals surface area contributed by atoms with Gasteiger partial charge in [-0.05, 0) is 74.8 Å². The molecule has 2 aliphatic rings. The number of ether oxygens (including phenoxy) is 2. The SMILES string of the molecule is c1ccc(C2(c3ccccc3)c3ccccc3-c3cc4c(cc32)Oc2ccc(-c3ccc(-c5ncc6ccccc6n5)cc3)cc2O4)cc1. The minimum atomic E-state index is -0.499. The molecule has 0 N–H and O–H groups in total. The number of aromatic nitrogens is 2. The van der Waals surface area contributed by atoms with E-state index < -0.39 is 5.41 Å². The molecule has 1 aliphatic carbocycles. The third-order valence-electron chi connectivity index (χ3n) is 9.87. The van der Waals surface area contributed by atoms with E-state index in [1.54, 1.807) is 0 Å². The fourth-order valence-corrected chi connectivity index (χ4v) is 7.62. The first-order valence-corrected chi connectivity index (χ1v) is 16.5. The molecule has 8 aromatic rings. The molecular weight excluding hydrogens is 601 g/mol. The first-order chi connectivity index (χ1) is 24.3. The average molecular weight is 629 g/mol. The van der Waals surface area contributed by atoms with Crippen LogP contribution in [-0.4, -0.2) is 9.97 Å². The molecule has 4 nitrogen and oxygen atoms in total. The monoisotopic (exact) mass is 628 g/mol. The van der Waals surface area contributed by atoms with E-state index in [0.29, 0.717) is 28.8 Å². The first kappa shape index (κ1) is 27.6. The minimum absolute atomic E-state index is 0.499. The van der Waals surface area contributed by atoms with Crippen LogP contribution in [0.5, 0.6) is 23.0 Å². The van der Waals surface area contributed by atoms with Gasteiger partial charge in [-0.25, -0.2) is 9.97 Å². The molecular formula is C45H28N2O2. The Morgan fingerprint density at radius 2 is 1.04 bits per heavy atom. The number of rotatable bonds is 4. The molecule has 0 atom stereocenters. The molecule has 0 saturated heterocycles. The van der Waals surface area contributed by atoms with Gasteiger partial charge in [-0.3, -0.25) is 0 Å². The van der Waals surface area contributed by atoms with Gasteiger partial charge < -0.3 is 9.47 Å². The lowest BCUT2D eigenvalue weighted by molar-refractivity contribution is 0.359. The molecule has 7 aromatic carbocycles. The van der Waals surface area contributed by atoms with Crippen LogP contribution in [0.2, 0.25) is 0 Å². The Balaban J connectivity index is 1.04. The second-order valence-electron chi connectivity index (χ2n) is 12.6. The molecule has 1 aromatic heterocycles. The van der Waals surface area contributed by atoms with Gasteiger partial charge in [0.25, 0.3) is 0 Å². The van der Waals surface area contributed by atoms with Crippen molar-refractivity contribution in [2.24, 2.45) is 0 Å². The highest BCUT2D eigenvalue weighted by Gasteiger charge is 2.47. The van der Waals surface area contributed by atoms with E-state index in [1.165, 1.54) is 27.8 Å². The maximum absolute atomic E-state index is 6.65. The molecule has 10 rings (SSSR count). The van der Waals surface area contributed by atoms with Crippen molar-refractivity contribution in [1.82, 2.24) is 9.97 Å². The largest absolute Gasteiger partial charge is 0.450 e. The molecule has 0 saturated carbocycles. The van der Waals surface area contributed by atoms with Gasteiger partial charge >= 0.3 is 0 Å². The Hall–Kier alpha value is -6.52. The van der Waals surface area contributed by atoms with Crippen LogP contribution in [0.15, 0.2) is 170 Å². The zero-order valence-electron chi connectivity index (χ0n) is 26.4. The summed E-state index contributed by atoms with van der Waals surface area (Å²) in [6.45, 7) is 0. The lowest BCUT2D eigenvalue weighted by Gasteiger charge is -2.34. The van der Waals surface area contributed by atoms with Crippen molar-refractivity contribution in [3.05, 3.63) is 192 Å². The van der Waals surface area contributed by atoms with E-state index in [-0.39, 0.29) is 0 Å². The van der Waals surface area contributed by atoms with Crippen molar-refractivity contribution in [2.45, 2.75) is 5.41 Å². The van der Waals surface area contributed by atoms with E-state index in [0.717, 1.165) is 33.2 Å². The van der Waals surface area contributed by atoms with Crippen LogP contribution in [0.1, 0.15) is 22.3 Å². The van der Waals surface area contributed by atoms with Gasteiger partial charge in [-0.15, -0.1) is 0 Å². The molecule has 230 valence electrons. The Labute approximate surface area is 283 Å². The Kier molecular flexibility index (Phi) is 6.06. The Morgan fingerprint density at radius 3 is 1.84 bits per heavy atom. The highest BCUT2D eigenvalue weighted by molar-refractivity contribution is 5.88. The first-order valence-electron chi connectivity index (χ1n) is 16.5. The summed E-state index contributed by atoms with van der Waals surface area (Å²) in [5.74, 6) is 3.51. The zero-order chi connectivity index (χ0) is 32.4. The molecule has 2 heterocycles. The van der Waals surface area contributed by atoms with Crippen LogP contribution in [0, 0.1) is 0 Å². The normalized spacial score (nSPS) is 13.4. The molecule has 0 amide bonds. The van der Waals surface area contributed by atoms with E-state index in [2.05, 4.69) is 138 Å². The lowest BCUT2D eigenvalue weighted by atomic mass is 9.67. The summed E-state index contributed by atoms with van der Waals surface area (Å²) in [4.78, 5) is 9.35. The molecule has 0 spiro atoms. The summed E-state index contributed by atoms with van der Waals surface area (Å²) in [5.41, 5.74) is 10.7. The molecule has 0 fully saturated rings. The van der Waals surface area contributed by atoms with Gasteiger partial charge in [0, 0.05) is 17.1 Å². The quantitative estimate of drug-likeness (QED) is 0.195. The lowest BCUT2D eigenvalue weighted by Crippen LogP contribution is -2.28. The van der Waals surface area contributed by atoms with Crippen molar-refractivity contribution < 1.29 is 9.47 Å². The average Bonchev–Trinajstić information content (AvgIpc) is 3.46. The van der Waals surface area contributed by atoms with E-state index >= 15 is 0 Å². The van der Waals surface area contributed by atoms with Gasteiger partial charge in [0.05, 0.1) is 10.9 Å². The summed E-state index contributed by atoms with van der Waals surface area (Å²) >= 11 is 0. The topological polar surface area (TPSA) is 44.2 Å². The van der Waals surface area contributed by atoms with Crippen LogP contribution in [0.4, 0.5) is 0 Å². The number of para-hydroxylation sites is 1. The zero-order valence-corrected chi connectivity index (χ0v) is 26.4. The van der Waals surface area contributed by atoms with Gasteiger partial charge in [0.2, 0.25) is 0 Å². The van der Waals surface area contributed by atoms with E-state index in [4.69, 9.17) is 14.5 Å². The van der Waals surface area contributed by atoms with Gasteiger partial charge in [-0.1, -0.05) is 133 Å². The van der Waals surface area contributed by atoms with Crippen molar-refractivity contribution in [3.8, 4) is 56.6 Å². The van der Waals surface area contributed by atoms with Crippen LogP contribution < -0.4 is 9.47 Å². The summed E-state index contributed by atoms with van der Waals surface area (Å²) < 4.78 is 13.3. The summed E-state index contributed by atoms with van der Waals surface area (Å²) in [6.07, 6.45) is 1.88. The third kappa shape index (κ3) is 4.24. The van der Waals surface area contributed by atoms with Crippen LogP contribution in [0.3, 0.4) is 0 Å². The maximum Gasteiger partial charge on any atom is 0.170 e. The highest BCUT2D eigenvalue weighted by atomic mass is 16.6. The minimum Gasteiger partial charge on any atom is -0.450 e. The Bertz CT molecular complexity index is 2500. The Morgan fingerprint density at radius 1 is 0.429 bits per heavy atom. The fraction of sp³-hybridized carbons (Fsp3) is 0.0222. The molecule has 0 unspecified atom stereocenters. The van der Waals surface area contributed by atoms with E-state index in [9.17, 15) is 0 Å². The van der Waals surface area contributed by atoms with Crippen LogP contribution in [0.25, 0.3) is 44.5 Å². The predicted octanol–water partition coefficient (Wildman–Crippen LogP) is 11.2. The summed E-state index contributed by atoms with van der Waals surface area (Å²) in [6, 6.07) is 57.1. The second-order valence-corrected chi connectivity index (χ2v) is 12.6. The number of hydrogen-bond donors (Lipinski definition) is 0. The van der Waals surface area contributed by atoms with Gasteiger partial charge in [0.15, 0.2) is 28.8 Å². The second kappa shape index (κ2) is 10.8. The van der Waals surface area contributed by atoms with Crippen molar-refractivity contribution >= 4 is 10.9 Å². The molecule has 0 radical (unpaired) electrons. The molecule has 1 aliphatic heterocycles. The smallest absolute Gasteiger partial charge is 0.170 e. The number of fused-ring (bicyclic) bond motifs is 6. The number of benzene rings is 7. The number of nitrogens with zero attached hydrogens (tertiary/aromatic N) is 2. The maximum atomic E-state index is 6.65. The van der Waals surface area contributed by atoms with Crippen molar-refractivity contribution in [3.63, 3.8) is 0 Å². The third-order valence-corrected chi connectivity index (χ3v) is 9.87. The standard InChI is InChI=1S/C45H28N2O2/c1-3-12-33(13-4-1)45(34-14-5-2-6-15-34)37-17-9-8-16-35(37)36-26-42-43(27-38(36)45)48-40-24-23-31(25-41(40)49-42)29-19-21-30(22-20-29)44-46-28-32-11-7-10-18-39(32)47-44/h1-28H. The van der Waals surface area contributed by atoms with Crippen molar-refractivity contribution in [2.75, 3.05) is 0 Å². The van der Waals surface area contributed by atoms with E-state index in [1.807, 2.05) is 36.5 Å². The summed E-state index contributed by atoms with van der Waals surface area (Å²) in [5, 5.41) is 1.03. The van der Waals surface area contributed by atoms with Crippen molar-refractivity contribution in [1.29, 1.82) is 0 Å². The summed E-state index contributed by atoms with van der Waals surface area (Å²) in [7, 11) is 0. The molecule has 4 heteroatoms. The highest BCUT2D eigenvalue weighted by Crippen LogP contribution is 2.59. The van der Waals surface area contributed by atoms with Crippen LogP contribution >= 0.6 is 0 Å². The fourth-order valence-electron chi connectivity index (χ4n) is 7.62. The molecule has 0 bridgehead atoms. The van der Waals surface area contributed by atoms with Gasteiger partial charge in [-0.2, -0.15) is 0 Å². The number of hydrogen-bond acceptors (Lipinski definition) is 4. The van der Waals surface area contributed by atoms with Crippen LogP contribution in [-0.2, 0) is 5.41 Å². The predicted molar refractivity (Wildman–Crippen MR) is 194 cm³/mol. The molecule has 49 heavy (non-hydrogen) atoms.